The van der Waals surface area contributed by atoms with E-state index in [9.17, 15) is 9.18 Å². The Morgan fingerprint density at radius 2 is 2.24 bits per heavy atom. The molecule has 0 spiro atoms. The van der Waals surface area contributed by atoms with Crippen molar-refractivity contribution in [1.29, 1.82) is 0 Å². The van der Waals surface area contributed by atoms with Gasteiger partial charge in [0.05, 0.1) is 0 Å². The molecule has 0 fully saturated rings. The molecule has 0 saturated carbocycles. The maximum Gasteiger partial charge on any atom is 0.287 e. The molecule has 5 heteroatoms. The molecule has 2 rings (SSSR count). The van der Waals surface area contributed by atoms with E-state index in [1.54, 1.807) is 0 Å². The Bertz CT molecular complexity index is 536. The van der Waals surface area contributed by atoms with E-state index in [2.05, 4.69) is 5.32 Å². The van der Waals surface area contributed by atoms with Gasteiger partial charge in [-0.05, 0) is 30.7 Å². The molecule has 0 unspecified atom stereocenters. The second-order valence-electron chi connectivity index (χ2n) is 3.63. The Kier molecular flexibility index (Phi) is 3.39. The molecule has 0 bridgehead atoms. The maximum atomic E-state index is 12.9. The van der Waals surface area contributed by atoms with E-state index in [0.29, 0.717) is 23.9 Å². The number of aliphatic hydroxyl groups excluding tert-OH is 1. The highest BCUT2D eigenvalue weighted by molar-refractivity contribution is 5.96. The zero-order valence-electron chi connectivity index (χ0n) is 9.07. The number of hydrogen-bond acceptors (Lipinski definition) is 3. The lowest BCUT2D eigenvalue weighted by Crippen LogP contribution is -2.24. The molecule has 2 N–H and O–H groups in total. The lowest BCUT2D eigenvalue weighted by Gasteiger charge is -1.99. The Morgan fingerprint density at radius 1 is 1.41 bits per heavy atom. The van der Waals surface area contributed by atoms with Crippen LogP contribution >= 0.6 is 0 Å². The fourth-order valence-electron chi connectivity index (χ4n) is 1.49. The van der Waals surface area contributed by atoms with Crippen molar-refractivity contribution in [2.45, 2.75) is 6.42 Å². The molecule has 4 nitrogen and oxygen atoms in total. The van der Waals surface area contributed by atoms with E-state index in [1.807, 2.05) is 0 Å². The molecule has 0 atom stereocenters. The normalized spacial score (nSPS) is 10.7. The lowest BCUT2D eigenvalue weighted by atomic mass is 10.2. The van der Waals surface area contributed by atoms with Crippen LogP contribution in [0, 0.1) is 5.82 Å². The van der Waals surface area contributed by atoms with Gasteiger partial charge < -0.3 is 14.8 Å². The van der Waals surface area contributed by atoms with Crippen LogP contribution in [-0.2, 0) is 0 Å². The quantitative estimate of drug-likeness (QED) is 0.795. The topological polar surface area (TPSA) is 62.5 Å². The average Bonchev–Trinajstić information content (AvgIpc) is 2.72. The monoisotopic (exact) mass is 237 g/mol. The van der Waals surface area contributed by atoms with Crippen LogP contribution in [0.25, 0.3) is 11.0 Å². The summed E-state index contributed by atoms with van der Waals surface area (Å²) in [5.74, 6) is -0.593. The average molecular weight is 237 g/mol. The molecule has 0 aliphatic carbocycles. The minimum Gasteiger partial charge on any atom is -0.451 e. The van der Waals surface area contributed by atoms with Crippen LogP contribution in [0.1, 0.15) is 17.0 Å². The number of hydrogen-bond donors (Lipinski definition) is 2. The van der Waals surface area contributed by atoms with Gasteiger partial charge >= 0.3 is 0 Å². The number of fused-ring (bicyclic) bond motifs is 1. The number of amides is 1. The summed E-state index contributed by atoms with van der Waals surface area (Å²) in [6.45, 7) is 0.395. The fourth-order valence-corrected chi connectivity index (χ4v) is 1.49. The highest BCUT2D eigenvalue weighted by Crippen LogP contribution is 2.20. The van der Waals surface area contributed by atoms with Crippen molar-refractivity contribution in [2.75, 3.05) is 13.2 Å². The fraction of sp³-hybridized carbons (Fsp3) is 0.250. The molecule has 17 heavy (non-hydrogen) atoms. The first-order valence-electron chi connectivity index (χ1n) is 5.29. The second kappa shape index (κ2) is 4.97. The van der Waals surface area contributed by atoms with Crippen LogP contribution in [0.15, 0.2) is 28.7 Å². The van der Waals surface area contributed by atoms with Crippen LogP contribution in [0.3, 0.4) is 0 Å². The largest absolute Gasteiger partial charge is 0.451 e. The SMILES string of the molecule is O=C(NCCCO)c1cc2cc(F)ccc2o1. The van der Waals surface area contributed by atoms with E-state index in [-0.39, 0.29) is 24.1 Å². The summed E-state index contributed by atoms with van der Waals surface area (Å²) >= 11 is 0. The summed E-state index contributed by atoms with van der Waals surface area (Å²) in [6.07, 6.45) is 0.487. The van der Waals surface area contributed by atoms with Gasteiger partial charge in [0.15, 0.2) is 5.76 Å². The molecule has 1 aromatic carbocycles. The van der Waals surface area contributed by atoms with Crippen LogP contribution in [-0.4, -0.2) is 24.2 Å². The molecule has 1 aromatic heterocycles. The van der Waals surface area contributed by atoms with Crippen LogP contribution in [0.2, 0.25) is 0 Å². The minimum absolute atomic E-state index is 0.0195. The van der Waals surface area contributed by atoms with Crippen molar-refractivity contribution in [1.82, 2.24) is 5.32 Å². The maximum absolute atomic E-state index is 12.9. The molecule has 0 saturated heterocycles. The molecular formula is C12H12FNO3. The van der Waals surface area contributed by atoms with Gasteiger partial charge in [0, 0.05) is 18.5 Å². The highest BCUT2D eigenvalue weighted by atomic mass is 19.1. The van der Waals surface area contributed by atoms with Crippen LogP contribution in [0.5, 0.6) is 0 Å². The van der Waals surface area contributed by atoms with Gasteiger partial charge in [-0.3, -0.25) is 4.79 Å². The summed E-state index contributed by atoms with van der Waals surface area (Å²) in [4.78, 5) is 11.6. The van der Waals surface area contributed by atoms with Crippen molar-refractivity contribution >= 4 is 16.9 Å². The van der Waals surface area contributed by atoms with E-state index in [4.69, 9.17) is 9.52 Å². The summed E-state index contributed by atoms with van der Waals surface area (Å²) in [7, 11) is 0. The van der Waals surface area contributed by atoms with E-state index in [0.717, 1.165) is 0 Å². The van der Waals surface area contributed by atoms with Crippen molar-refractivity contribution in [3.05, 3.63) is 35.8 Å². The van der Waals surface area contributed by atoms with Gasteiger partial charge in [-0.1, -0.05) is 0 Å². The van der Waals surface area contributed by atoms with Gasteiger partial charge in [0.1, 0.15) is 11.4 Å². The first-order valence-corrected chi connectivity index (χ1v) is 5.29. The minimum atomic E-state index is -0.370. The van der Waals surface area contributed by atoms with Gasteiger partial charge in [-0.15, -0.1) is 0 Å². The number of carbonyl (C=O) groups excluding carboxylic acids is 1. The molecule has 0 aliphatic heterocycles. The van der Waals surface area contributed by atoms with E-state index < -0.39 is 0 Å². The third-order valence-electron chi connectivity index (χ3n) is 2.32. The number of carbonyl (C=O) groups is 1. The lowest BCUT2D eigenvalue weighted by molar-refractivity contribution is 0.0925. The predicted octanol–water partition coefficient (Wildman–Crippen LogP) is 1.68. The molecule has 1 heterocycles. The van der Waals surface area contributed by atoms with Gasteiger partial charge in [-0.25, -0.2) is 4.39 Å². The van der Waals surface area contributed by atoms with Gasteiger partial charge in [-0.2, -0.15) is 0 Å². The molecule has 90 valence electrons. The zero-order valence-corrected chi connectivity index (χ0v) is 9.07. The standard InChI is InChI=1S/C12H12FNO3/c13-9-2-3-10-8(6-9)7-11(17-10)12(16)14-4-1-5-15/h2-3,6-7,15H,1,4-5H2,(H,14,16). The Hall–Kier alpha value is -1.88. The smallest absolute Gasteiger partial charge is 0.287 e. The van der Waals surface area contributed by atoms with Crippen molar-refractivity contribution < 1.29 is 18.7 Å². The first-order chi connectivity index (χ1) is 8.20. The molecular weight excluding hydrogens is 225 g/mol. The van der Waals surface area contributed by atoms with Crippen molar-refractivity contribution in [2.24, 2.45) is 0 Å². The number of nitrogens with one attached hydrogen (secondary N) is 1. The summed E-state index contributed by atoms with van der Waals surface area (Å²) in [6, 6.07) is 5.56. The number of furan rings is 1. The number of halogens is 1. The molecule has 0 aliphatic rings. The van der Waals surface area contributed by atoms with Crippen LogP contribution < -0.4 is 5.32 Å². The zero-order chi connectivity index (χ0) is 12.3. The van der Waals surface area contributed by atoms with Crippen molar-refractivity contribution in [3.63, 3.8) is 0 Å². The summed E-state index contributed by atoms with van der Waals surface area (Å²) in [5, 5.41) is 11.7. The number of aliphatic hydroxyl groups is 1. The van der Waals surface area contributed by atoms with Crippen LogP contribution in [0.4, 0.5) is 4.39 Å². The summed E-state index contributed by atoms with van der Waals surface area (Å²) < 4.78 is 18.2. The van der Waals surface area contributed by atoms with E-state index >= 15 is 0 Å². The summed E-state index contributed by atoms with van der Waals surface area (Å²) in [5.41, 5.74) is 0.471. The first kappa shape index (κ1) is 11.6. The second-order valence-corrected chi connectivity index (χ2v) is 3.63. The third-order valence-corrected chi connectivity index (χ3v) is 2.32. The third kappa shape index (κ3) is 2.62. The number of benzene rings is 1. The number of rotatable bonds is 4. The predicted molar refractivity (Wildman–Crippen MR) is 60.2 cm³/mol. The molecule has 1 amide bonds. The van der Waals surface area contributed by atoms with Gasteiger partial charge in [0.2, 0.25) is 0 Å². The highest BCUT2D eigenvalue weighted by Gasteiger charge is 2.11. The molecule has 2 aromatic rings. The Balaban J connectivity index is 2.15. The van der Waals surface area contributed by atoms with Crippen molar-refractivity contribution in [3.8, 4) is 0 Å². The van der Waals surface area contributed by atoms with E-state index in [1.165, 1.54) is 24.3 Å². The molecule has 0 radical (unpaired) electrons. The Labute approximate surface area is 97.0 Å². The van der Waals surface area contributed by atoms with Gasteiger partial charge in [0.25, 0.3) is 5.91 Å². The Morgan fingerprint density at radius 3 is 3.00 bits per heavy atom.